The maximum Gasteiger partial charge on any atom is 0.253 e. The second-order valence-electron chi connectivity index (χ2n) is 4.21. The molecule has 19 heavy (non-hydrogen) atoms. The molecular formula is C12H13N5O2. The van der Waals surface area contributed by atoms with Crippen LogP contribution >= 0.6 is 0 Å². The Bertz CT molecular complexity index is 583. The molecule has 3 rings (SSSR count). The molecule has 0 aliphatic carbocycles. The number of carbonyl (C=O) groups excluding carboxylic acids is 1. The fourth-order valence-corrected chi connectivity index (χ4v) is 2.22. The third-order valence-corrected chi connectivity index (χ3v) is 3.14. The number of anilines is 1. The van der Waals surface area contributed by atoms with Crippen LogP contribution in [-0.4, -0.2) is 34.7 Å². The van der Waals surface area contributed by atoms with Crippen LogP contribution < -0.4 is 10.2 Å². The number of hydrogen-bond donors (Lipinski definition) is 1. The van der Waals surface area contributed by atoms with E-state index in [9.17, 15) is 4.79 Å². The molecule has 1 amide bonds. The first-order chi connectivity index (χ1) is 9.31. The van der Waals surface area contributed by atoms with Gasteiger partial charge < -0.3 is 9.73 Å². The van der Waals surface area contributed by atoms with Crippen LogP contribution in [0.4, 0.5) is 5.82 Å². The normalized spacial score (nSPS) is 19.1. The first-order valence-corrected chi connectivity index (χ1v) is 6.00. The van der Waals surface area contributed by atoms with Crippen LogP contribution in [0.5, 0.6) is 0 Å². The van der Waals surface area contributed by atoms with Crippen LogP contribution in [-0.2, 0) is 11.2 Å². The van der Waals surface area contributed by atoms with Crippen molar-refractivity contribution in [1.29, 1.82) is 0 Å². The molecule has 98 valence electrons. The van der Waals surface area contributed by atoms with Gasteiger partial charge >= 0.3 is 0 Å². The molecule has 1 unspecified atom stereocenters. The van der Waals surface area contributed by atoms with Crippen molar-refractivity contribution in [3.05, 3.63) is 36.2 Å². The number of hydrogen-bond acceptors (Lipinski definition) is 6. The molecule has 7 heteroatoms. The van der Waals surface area contributed by atoms with Crippen molar-refractivity contribution >= 4 is 11.7 Å². The van der Waals surface area contributed by atoms with Crippen LogP contribution in [0.3, 0.4) is 0 Å². The zero-order chi connectivity index (χ0) is 13.2. The Morgan fingerprint density at radius 3 is 3.16 bits per heavy atom. The standard InChI is InChI=1S/C12H13N5O2/c1-13-10-11-8(14-7-19-11)4-6-17(12(10)18)9-3-2-5-15-16-9/h2-3,5,7,10,13H,4,6H2,1H3. The number of oxazole rings is 1. The largest absolute Gasteiger partial charge is 0.446 e. The van der Waals surface area contributed by atoms with Crippen LogP contribution in [0.15, 0.2) is 29.1 Å². The van der Waals surface area contributed by atoms with Crippen LogP contribution in [0.1, 0.15) is 17.5 Å². The third kappa shape index (κ3) is 1.97. The summed E-state index contributed by atoms with van der Waals surface area (Å²) in [6.07, 6.45) is 3.58. The average Bonchev–Trinajstić information content (AvgIpc) is 2.85. The first-order valence-electron chi connectivity index (χ1n) is 6.00. The predicted molar refractivity (Wildman–Crippen MR) is 66.4 cm³/mol. The van der Waals surface area contributed by atoms with Gasteiger partial charge in [-0.25, -0.2) is 4.98 Å². The van der Waals surface area contributed by atoms with Crippen LogP contribution in [0.25, 0.3) is 0 Å². The van der Waals surface area contributed by atoms with E-state index in [4.69, 9.17) is 4.42 Å². The fourth-order valence-electron chi connectivity index (χ4n) is 2.22. The Kier molecular flexibility index (Phi) is 2.96. The second kappa shape index (κ2) is 4.77. The lowest BCUT2D eigenvalue weighted by Crippen LogP contribution is -2.39. The van der Waals surface area contributed by atoms with Crippen molar-refractivity contribution in [3.8, 4) is 0 Å². The van der Waals surface area contributed by atoms with E-state index >= 15 is 0 Å². The lowest BCUT2D eigenvalue weighted by atomic mass is 10.1. The number of aromatic nitrogens is 3. The molecule has 0 bridgehead atoms. The Morgan fingerprint density at radius 1 is 1.53 bits per heavy atom. The number of nitrogens with one attached hydrogen (secondary N) is 1. The molecule has 2 aromatic rings. The zero-order valence-electron chi connectivity index (χ0n) is 10.4. The van der Waals surface area contributed by atoms with Gasteiger partial charge in [0.2, 0.25) is 0 Å². The Morgan fingerprint density at radius 2 is 2.42 bits per heavy atom. The van der Waals surface area contributed by atoms with E-state index in [0.29, 0.717) is 24.5 Å². The Hall–Kier alpha value is -2.28. The van der Waals surface area contributed by atoms with E-state index in [0.717, 1.165) is 5.69 Å². The van der Waals surface area contributed by atoms with E-state index < -0.39 is 6.04 Å². The lowest BCUT2D eigenvalue weighted by Gasteiger charge is -2.22. The molecule has 0 saturated carbocycles. The summed E-state index contributed by atoms with van der Waals surface area (Å²) in [6, 6.07) is 2.98. The highest BCUT2D eigenvalue weighted by atomic mass is 16.3. The van der Waals surface area contributed by atoms with Crippen LogP contribution in [0.2, 0.25) is 0 Å². The molecule has 0 spiro atoms. The predicted octanol–water partition coefficient (Wildman–Crippen LogP) is 0.314. The van der Waals surface area contributed by atoms with Crippen molar-refractivity contribution in [1.82, 2.24) is 20.5 Å². The lowest BCUT2D eigenvalue weighted by molar-refractivity contribution is -0.120. The molecule has 1 aliphatic heterocycles. The molecule has 1 N–H and O–H groups in total. The monoisotopic (exact) mass is 259 g/mol. The highest BCUT2D eigenvalue weighted by molar-refractivity contribution is 5.97. The average molecular weight is 259 g/mol. The third-order valence-electron chi connectivity index (χ3n) is 3.14. The van der Waals surface area contributed by atoms with Crippen molar-refractivity contribution < 1.29 is 9.21 Å². The number of rotatable bonds is 2. The topological polar surface area (TPSA) is 84.2 Å². The molecule has 2 aromatic heterocycles. The molecule has 3 heterocycles. The maximum atomic E-state index is 12.5. The summed E-state index contributed by atoms with van der Waals surface area (Å²) >= 11 is 0. The first kappa shape index (κ1) is 11.8. The van der Waals surface area contributed by atoms with Crippen molar-refractivity contribution in [3.63, 3.8) is 0 Å². The van der Waals surface area contributed by atoms with E-state index in [1.807, 2.05) is 0 Å². The van der Waals surface area contributed by atoms with Gasteiger partial charge in [0.1, 0.15) is 6.04 Å². The smallest absolute Gasteiger partial charge is 0.253 e. The summed E-state index contributed by atoms with van der Waals surface area (Å²) in [5.41, 5.74) is 0.805. The fraction of sp³-hybridized carbons (Fsp3) is 0.333. The SMILES string of the molecule is CNC1C(=O)N(c2cccnn2)CCc2ncoc21. The quantitative estimate of drug-likeness (QED) is 0.835. The number of carbonyl (C=O) groups is 1. The summed E-state index contributed by atoms with van der Waals surface area (Å²) < 4.78 is 5.34. The molecule has 1 atom stereocenters. The number of likely N-dealkylation sites (N-methyl/N-ethyl adjacent to an activating group) is 1. The summed E-state index contributed by atoms with van der Waals surface area (Å²) in [7, 11) is 1.72. The highest BCUT2D eigenvalue weighted by Gasteiger charge is 2.34. The van der Waals surface area contributed by atoms with Gasteiger partial charge in [0, 0.05) is 19.2 Å². The number of amides is 1. The van der Waals surface area contributed by atoms with Gasteiger partial charge in [0.15, 0.2) is 18.0 Å². The minimum absolute atomic E-state index is 0.112. The van der Waals surface area contributed by atoms with E-state index in [-0.39, 0.29) is 5.91 Å². The van der Waals surface area contributed by atoms with Gasteiger partial charge in [-0.2, -0.15) is 5.10 Å². The molecule has 0 radical (unpaired) electrons. The molecule has 0 saturated heterocycles. The minimum Gasteiger partial charge on any atom is -0.446 e. The molecule has 0 fully saturated rings. The highest BCUT2D eigenvalue weighted by Crippen LogP contribution is 2.25. The van der Waals surface area contributed by atoms with Crippen molar-refractivity contribution in [2.75, 3.05) is 18.5 Å². The van der Waals surface area contributed by atoms with Gasteiger partial charge in [-0.05, 0) is 19.2 Å². The summed E-state index contributed by atoms with van der Waals surface area (Å²) in [6.45, 7) is 0.509. The zero-order valence-corrected chi connectivity index (χ0v) is 10.4. The number of fused-ring (bicyclic) bond motifs is 1. The van der Waals surface area contributed by atoms with Gasteiger partial charge in [0.05, 0.1) is 5.69 Å². The molecule has 0 aromatic carbocycles. The summed E-state index contributed by atoms with van der Waals surface area (Å²) in [5.74, 6) is 1.01. The van der Waals surface area contributed by atoms with Gasteiger partial charge in [-0.15, -0.1) is 5.10 Å². The Labute approximate surface area is 109 Å². The second-order valence-corrected chi connectivity index (χ2v) is 4.21. The Balaban J connectivity index is 1.99. The molecule has 1 aliphatic rings. The molecule has 7 nitrogen and oxygen atoms in total. The van der Waals surface area contributed by atoms with Crippen molar-refractivity contribution in [2.24, 2.45) is 0 Å². The number of nitrogens with zero attached hydrogens (tertiary/aromatic N) is 4. The van der Waals surface area contributed by atoms with E-state index in [1.165, 1.54) is 6.39 Å². The minimum atomic E-state index is -0.540. The summed E-state index contributed by atoms with van der Waals surface area (Å²) in [4.78, 5) is 18.3. The van der Waals surface area contributed by atoms with Crippen LogP contribution in [0, 0.1) is 0 Å². The summed E-state index contributed by atoms with van der Waals surface area (Å²) in [5, 5.41) is 10.8. The van der Waals surface area contributed by atoms with E-state index in [1.54, 1.807) is 30.3 Å². The van der Waals surface area contributed by atoms with Gasteiger partial charge in [-0.1, -0.05) is 0 Å². The van der Waals surface area contributed by atoms with Gasteiger partial charge in [-0.3, -0.25) is 9.69 Å². The van der Waals surface area contributed by atoms with E-state index in [2.05, 4.69) is 20.5 Å². The van der Waals surface area contributed by atoms with Gasteiger partial charge in [0.25, 0.3) is 5.91 Å². The van der Waals surface area contributed by atoms with Crippen molar-refractivity contribution in [2.45, 2.75) is 12.5 Å². The maximum absolute atomic E-state index is 12.5. The molecular weight excluding hydrogens is 246 g/mol.